The molecule has 4 nitrogen and oxygen atoms in total. The van der Waals surface area contributed by atoms with Gasteiger partial charge in [-0.05, 0) is 29.9 Å². The Bertz CT molecular complexity index is 507. The highest BCUT2D eigenvalue weighted by Gasteiger charge is 2.28. The molecule has 0 spiro atoms. The van der Waals surface area contributed by atoms with Crippen molar-refractivity contribution in [2.75, 3.05) is 0 Å². The van der Waals surface area contributed by atoms with E-state index in [1.54, 1.807) is 0 Å². The summed E-state index contributed by atoms with van der Waals surface area (Å²) in [5, 5.41) is 0. The zero-order valence-corrected chi connectivity index (χ0v) is 11.4. The van der Waals surface area contributed by atoms with Crippen molar-refractivity contribution in [3.05, 3.63) is 35.4 Å². The molecule has 1 aliphatic carbocycles. The number of sulfonamides is 1. The van der Waals surface area contributed by atoms with E-state index in [1.165, 1.54) is 0 Å². The fourth-order valence-electron chi connectivity index (χ4n) is 2.36. The van der Waals surface area contributed by atoms with E-state index < -0.39 is 10.0 Å². The zero-order valence-electron chi connectivity index (χ0n) is 10.6. The molecule has 18 heavy (non-hydrogen) atoms. The molecule has 0 saturated heterocycles. The summed E-state index contributed by atoms with van der Waals surface area (Å²) < 4.78 is 26.7. The van der Waals surface area contributed by atoms with Crippen LogP contribution in [0, 0.1) is 5.92 Å². The van der Waals surface area contributed by atoms with Gasteiger partial charge in [0.15, 0.2) is 0 Å². The minimum absolute atomic E-state index is 0.0335. The van der Waals surface area contributed by atoms with Gasteiger partial charge in [0.2, 0.25) is 10.0 Å². The summed E-state index contributed by atoms with van der Waals surface area (Å²) in [5.74, 6) is 0.671. The molecule has 0 amide bonds. The number of hydrogen-bond donors (Lipinski definition) is 2. The normalized spacial score (nSPS) is 23.7. The molecular formula is C13H20N2O2S. The highest BCUT2D eigenvalue weighted by molar-refractivity contribution is 7.88. The van der Waals surface area contributed by atoms with Crippen LogP contribution in [0.5, 0.6) is 0 Å². The third-order valence-electron chi connectivity index (χ3n) is 3.30. The maximum Gasteiger partial charge on any atom is 0.216 e. The summed E-state index contributed by atoms with van der Waals surface area (Å²) in [6, 6.07) is 7.54. The van der Waals surface area contributed by atoms with Gasteiger partial charge in [-0.2, -0.15) is 0 Å². The topological polar surface area (TPSA) is 72.2 Å². The average Bonchev–Trinajstić information content (AvgIpc) is 2.26. The summed E-state index contributed by atoms with van der Waals surface area (Å²) in [6.07, 6.45) is 1.89. The Morgan fingerprint density at radius 3 is 2.61 bits per heavy atom. The van der Waals surface area contributed by atoms with Gasteiger partial charge in [0.1, 0.15) is 0 Å². The fourth-order valence-corrected chi connectivity index (χ4v) is 3.76. The molecule has 1 saturated carbocycles. The predicted octanol–water partition coefficient (Wildman–Crippen LogP) is 1.36. The van der Waals surface area contributed by atoms with Gasteiger partial charge in [0.05, 0.1) is 5.75 Å². The highest BCUT2D eigenvalue weighted by atomic mass is 32.2. The fraction of sp³-hybridized carbons (Fsp3) is 0.538. The van der Waals surface area contributed by atoms with Crippen LogP contribution in [0.2, 0.25) is 0 Å². The van der Waals surface area contributed by atoms with Crippen LogP contribution < -0.4 is 10.5 Å². The molecule has 3 N–H and O–H groups in total. The third kappa shape index (κ3) is 3.54. The molecule has 2 rings (SSSR count). The van der Waals surface area contributed by atoms with Crippen molar-refractivity contribution in [3.8, 4) is 0 Å². The highest BCUT2D eigenvalue weighted by Crippen LogP contribution is 2.27. The second-order valence-corrected chi connectivity index (χ2v) is 6.93. The first kappa shape index (κ1) is 13.5. The minimum Gasteiger partial charge on any atom is -0.326 e. The van der Waals surface area contributed by atoms with Gasteiger partial charge in [-0.25, -0.2) is 13.1 Å². The van der Waals surface area contributed by atoms with Crippen LogP contribution in [0.25, 0.3) is 0 Å². The molecule has 0 radical (unpaired) electrons. The quantitative estimate of drug-likeness (QED) is 0.847. The molecule has 1 aromatic rings. The van der Waals surface area contributed by atoms with Gasteiger partial charge in [-0.3, -0.25) is 0 Å². The van der Waals surface area contributed by atoms with Crippen LogP contribution in [0.4, 0.5) is 0 Å². The zero-order chi connectivity index (χ0) is 13.2. The summed E-state index contributed by atoms with van der Waals surface area (Å²) in [6.45, 7) is 2.57. The number of nitrogens with two attached hydrogens (primary N) is 1. The summed E-state index contributed by atoms with van der Waals surface area (Å²) in [5.41, 5.74) is 7.29. The van der Waals surface area contributed by atoms with Crippen molar-refractivity contribution in [2.45, 2.75) is 38.1 Å². The van der Waals surface area contributed by atoms with Crippen molar-refractivity contribution in [1.82, 2.24) is 4.72 Å². The van der Waals surface area contributed by atoms with E-state index in [1.807, 2.05) is 24.3 Å². The van der Waals surface area contributed by atoms with Crippen molar-refractivity contribution >= 4 is 10.0 Å². The van der Waals surface area contributed by atoms with Gasteiger partial charge >= 0.3 is 0 Å². The lowest BCUT2D eigenvalue weighted by Crippen LogP contribution is -2.43. The van der Waals surface area contributed by atoms with Crippen molar-refractivity contribution in [1.29, 1.82) is 0 Å². The molecule has 0 unspecified atom stereocenters. The number of hydrogen-bond acceptors (Lipinski definition) is 3. The van der Waals surface area contributed by atoms with E-state index in [0.717, 1.165) is 24.0 Å². The average molecular weight is 268 g/mol. The largest absolute Gasteiger partial charge is 0.326 e. The smallest absolute Gasteiger partial charge is 0.216 e. The number of nitrogens with one attached hydrogen (secondary N) is 1. The molecule has 0 aliphatic heterocycles. The first-order valence-electron chi connectivity index (χ1n) is 6.26. The molecular weight excluding hydrogens is 248 g/mol. The van der Waals surface area contributed by atoms with E-state index >= 15 is 0 Å². The molecule has 0 atom stereocenters. The first-order valence-corrected chi connectivity index (χ1v) is 7.91. The summed E-state index contributed by atoms with van der Waals surface area (Å²) >= 11 is 0. The van der Waals surface area contributed by atoms with E-state index in [9.17, 15) is 8.42 Å². The Morgan fingerprint density at radius 2 is 2.00 bits per heavy atom. The second kappa shape index (κ2) is 5.38. The Balaban J connectivity index is 1.98. The SMILES string of the molecule is CC1CC(NS(=O)(=O)Cc2cccc(CN)c2)C1. The molecule has 5 heteroatoms. The lowest BCUT2D eigenvalue weighted by molar-refractivity contribution is 0.270. The van der Waals surface area contributed by atoms with Crippen LogP contribution in [-0.2, 0) is 22.3 Å². The Kier molecular flexibility index (Phi) is 4.04. The first-order chi connectivity index (χ1) is 8.48. The van der Waals surface area contributed by atoms with Gasteiger partial charge in [0.25, 0.3) is 0 Å². The van der Waals surface area contributed by atoms with Crippen LogP contribution >= 0.6 is 0 Å². The van der Waals surface area contributed by atoms with E-state index in [-0.39, 0.29) is 11.8 Å². The molecule has 1 aliphatic rings. The van der Waals surface area contributed by atoms with Crippen molar-refractivity contribution in [2.24, 2.45) is 11.7 Å². The van der Waals surface area contributed by atoms with Crippen molar-refractivity contribution in [3.63, 3.8) is 0 Å². The second-order valence-electron chi connectivity index (χ2n) is 5.17. The molecule has 0 heterocycles. The Labute approximate surface area is 109 Å². The monoisotopic (exact) mass is 268 g/mol. The molecule has 0 bridgehead atoms. The maximum atomic E-state index is 12.0. The molecule has 0 aromatic heterocycles. The van der Waals surface area contributed by atoms with E-state index in [0.29, 0.717) is 12.5 Å². The van der Waals surface area contributed by atoms with Crippen LogP contribution in [-0.4, -0.2) is 14.5 Å². The van der Waals surface area contributed by atoms with Gasteiger partial charge < -0.3 is 5.73 Å². The van der Waals surface area contributed by atoms with Gasteiger partial charge in [0, 0.05) is 12.6 Å². The van der Waals surface area contributed by atoms with Crippen LogP contribution in [0.3, 0.4) is 0 Å². The van der Waals surface area contributed by atoms with E-state index in [2.05, 4.69) is 11.6 Å². The Morgan fingerprint density at radius 1 is 1.33 bits per heavy atom. The lowest BCUT2D eigenvalue weighted by atomic mass is 9.83. The molecule has 1 aromatic carbocycles. The Hall–Kier alpha value is -0.910. The molecule has 100 valence electrons. The summed E-state index contributed by atoms with van der Waals surface area (Å²) in [7, 11) is -3.23. The standard InChI is InChI=1S/C13H20N2O2S/c1-10-5-13(6-10)15-18(16,17)9-12-4-2-3-11(7-12)8-14/h2-4,7,10,13,15H,5-6,8-9,14H2,1H3. The predicted molar refractivity (Wildman–Crippen MR) is 72.3 cm³/mol. The maximum absolute atomic E-state index is 12.0. The van der Waals surface area contributed by atoms with Crippen LogP contribution in [0.1, 0.15) is 30.9 Å². The summed E-state index contributed by atoms with van der Waals surface area (Å²) in [4.78, 5) is 0. The number of rotatable bonds is 5. The molecule has 1 fully saturated rings. The lowest BCUT2D eigenvalue weighted by Gasteiger charge is -2.32. The minimum atomic E-state index is -3.23. The number of benzene rings is 1. The van der Waals surface area contributed by atoms with Crippen LogP contribution in [0.15, 0.2) is 24.3 Å². The van der Waals surface area contributed by atoms with Crippen molar-refractivity contribution < 1.29 is 8.42 Å². The van der Waals surface area contributed by atoms with Gasteiger partial charge in [-0.15, -0.1) is 0 Å². The van der Waals surface area contributed by atoms with E-state index in [4.69, 9.17) is 5.73 Å². The third-order valence-corrected chi connectivity index (χ3v) is 4.71. The van der Waals surface area contributed by atoms with Gasteiger partial charge in [-0.1, -0.05) is 31.2 Å².